The minimum absolute atomic E-state index is 0. The molecular weight excluding hydrogens is 358 g/mol. The minimum atomic E-state index is 0. The first-order valence-corrected chi connectivity index (χ1v) is 7.18. The van der Waals surface area contributed by atoms with Gasteiger partial charge in [-0.1, -0.05) is 0 Å². The number of aryl methyl sites for hydroxylation is 2. The summed E-state index contributed by atoms with van der Waals surface area (Å²) in [6.07, 6.45) is 7.01. The second-order valence-corrected chi connectivity index (χ2v) is 7.26. The topological polar surface area (TPSA) is 0 Å². The van der Waals surface area contributed by atoms with Gasteiger partial charge in [0.25, 0.3) is 0 Å². The Labute approximate surface area is 157 Å². The van der Waals surface area contributed by atoms with Crippen LogP contribution in [0, 0.1) is 13.8 Å². The molecule has 0 fully saturated rings. The number of hydrogen-bond acceptors (Lipinski definition) is 0. The van der Waals surface area contributed by atoms with Crippen molar-refractivity contribution < 1.29 is 20.4 Å². The molecule has 113 valence electrons. The molecule has 0 aromatic heterocycles. The maximum atomic E-state index is 2.40. The zero-order valence-electron chi connectivity index (χ0n) is 12.6. The summed E-state index contributed by atoms with van der Waals surface area (Å²) in [6.45, 7) is 8.97. The molecule has 1 aromatic rings. The monoisotopic (exact) mass is 377 g/mol. The predicted molar refractivity (Wildman–Crippen MR) is 95.7 cm³/mol. The van der Waals surface area contributed by atoms with Gasteiger partial charge in [0.1, 0.15) is 0 Å². The molecule has 1 atom stereocenters. The van der Waals surface area contributed by atoms with Gasteiger partial charge in [0.15, 0.2) is 0 Å². The normalized spacial score (nSPS) is 21.4. The average molecular weight is 379 g/mol. The summed E-state index contributed by atoms with van der Waals surface area (Å²) in [5.41, 5.74) is 10.0. The van der Waals surface area contributed by atoms with Crippen LogP contribution in [0.15, 0.2) is 35.4 Å². The van der Waals surface area contributed by atoms with Crippen LogP contribution in [0.2, 0.25) is 3.72 Å². The summed E-state index contributed by atoms with van der Waals surface area (Å²) in [6, 6.07) is 4.48. The first kappa shape index (κ1) is 21.0. The van der Waals surface area contributed by atoms with Crippen LogP contribution in [-0.2, 0) is 20.4 Å². The van der Waals surface area contributed by atoms with Gasteiger partial charge in [-0.25, -0.2) is 0 Å². The molecule has 2 aliphatic rings. The number of halogens is 3. The Kier molecular flexibility index (Phi) is 7.07. The summed E-state index contributed by atoms with van der Waals surface area (Å²) in [4.78, 5) is 0. The van der Waals surface area contributed by atoms with Gasteiger partial charge >= 0.3 is 121 Å². The smallest absolute Gasteiger partial charge is 0.147 e. The zero-order chi connectivity index (χ0) is 13.1. The Morgan fingerprint density at radius 1 is 0.952 bits per heavy atom. The number of fused-ring (bicyclic) bond motifs is 3. The van der Waals surface area contributed by atoms with Crippen molar-refractivity contribution in [3.63, 3.8) is 0 Å². The van der Waals surface area contributed by atoms with Gasteiger partial charge in [-0.2, -0.15) is 0 Å². The van der Waals surface area contributed by atoms with Gasteiger partial charge in [-0.3, -0.25) is 0 Å². The SMILES string of the molecule is CC1=C2C(=Cc3c(C)ccc(C)c32)[C](C)([Ti])C=C1.Cl.Cl.Cl. The third-order valence-corrected chi connectivity index (χ3v) is 4.78. The number of hydrogen-bond donors (Lipinski definition) is 0. The Morgan fingerprint density at radius 3 is 2.14 bits per heavy atom. The fraction of sp³-hybridized carbons (Fsp3) is 0.294. The Balaban J connectivity index is 0.00000133. The molecule has 0 aliphatic heterocycles. The maximum Gasteiger partial charge on any atom is -0.147 e. The molecule has 0 saturated carbocycles. The first-order valence-electron chi connectivity index (χ1n) is 6.40. The van der Waals surface area contributed by atoms with E-state index < -0.39 is 0 Å². The van der Waals surface area contributed by atoms with Gasteiger partial charge < -0.3 is 0 Å². The van der Waals surface area contributed by atoms with Crippen LogP contribution < -0.4 is 0 Å². The van der Waals surface area contributed by atoms with E-state index >= 15 is 0 Å². The van der Waals surface area contributed by atoms with Crippen molar-refractivity contribution in [2.75, 3.05) is 0 Å². The Bertz CT molecular complexity index is 652. The van der Waals surface area contributed by atoms with Crippen molar-refractivity contribution in [1.82, 2.24) is 0 Å². The van der Waals surface area contributed by atoms with Crippen LogP contribution in [0.4, 0.5) is 0 Å². The van der Waals surface area contributed by atoms with E-state index in [1.54, 1.807) is 0 Å². The van der Waals surface area contributed by atoms with Crippen LogP contribution in [0.1, 0.15) is 36.1 Å². The van der Waals surface area contributed by atoms with Gasteiger partial charge in [0.2, 0.25) is 0 Å². The largest absolute Gasteiger partial charge is 0.147 e. The molecule has 0 amide bonds. The number of allylic oxidation sites excluding steroid dienone is 5. The molecule has 0 nitrogen and oxygen atoms in total. The van der Waals surface area contributed by atoms with Crippen LogP contribution in [0.5, 0.6) is 0 Å². The fourth-order valence-electron chi connectivity index (χ4n) is 2.99. The van der Waals surface area contributed by atoms with Crippen molar-refractivity contribution in [3.05, 3.63) is 57.7 Å². The third kappa shape index (κ3) is 3.21. The predicted octanol–water partition coefficient (Wildman–Crippen LogP) is 6.03. The zero-order valence-corrected chi connectivity index (χ0v) is 16.6. The molecule has 1 unspecified atom stereocenters. The van der Waals surface area contributed by atoms with E-state index in [1.165, 1.54) is 39.0 Å². The van der Waals surface area contributed by atoms with Gasteiger partial charge in [0, 0.05) is 0 Å². The van der Waals surface area contributed by atoms with E-state index in [0.717, 1.165) is 0 Å². The minimum Gasteiger partial charge on any atom is -0.147 e. The Morgan fingerprint density at radius 2 is 1.52 bits per heavy atom. The third-order valence-electron chi connectivity index (χ3n) is 4.10. The van der Waals surface area contributed by atoms with E-state index in [0.29, 0.717) is 0 Å². The Hall–Kier alpha value is 0.0243. The molecule has 0 bridgehead atoms. The second kappa shape index (κ2) is 7.07. The molecule has 21 heavy (non-hydrogen) atoms. The van der Waals surface area contributed by atoms with Crippen molar-refractivity contribution in [1.29, 1.82) is 0 Å². The second-order valence-electron chi connectivity index (χ2n) is 5.64. The van der Waals surface area contributed by atoms with Crippen LogP contribution in [0.25, 0.3) is 11.6 Å². The van der Waals surface area contributed by atoms with E-state index in [1.807, 2.05) is 0 Å². The van der Waals surface area contributed by atoms with Crippen molar-refractivity contribution >= 4 is 48.9 Å². The standard InChI is InChI=1S/C17H17.3ClH.Ti/c1-10-5-7-12(3)16-14(10)9-15-11(2)6-8-13(4)17(15)16;;;;/h5-9H,1-4H3;3*1H;. The van der Waals surface area contributed by atoms with E-state index in [4.69, 9.17) is 0 Å². The molecule has 0 spiro atoms. The van der Waals surface area contributed by atoms with E-state index in [-0.39, 0.29) is 40.9 Å². The number of rotatable bonds is 0. The summed E-state index contributed by atoms with van der Waals surface area (Å²) in [5, 5.41) is 0. The number of benzene rings is 1. The van der Waals surface area contributed by atoms with E-state index in [2.05, 4.69) is 78.5 Å². The van der Waals surface area contributed by atoms with Crippen LogP contribution >= 0.6 is 37.2 Å². The summed E-state index contributed by atoms with van der Waals surface area (Å²) in [7, 11) is 0. The van der Waals surface area contributed by atoms with Gasteiger partial charge in [-0.15, -0.1) is 37.2 Å². The molecular formula is C17H20Cl3Ti. The molecule has 0 radical (unpaired) electrons. The quantitative estimate of drug-likeness (QED) is 0.483. The van der Waals surface area contributed by atoms with Crippen molar-refractivity contribution in [2.24, 2.45) is 0 Å². The van der Waals surface area contributed by atoms with Crippen LogP contribution in [0.3, 0.4) is 0 Å². The molecule has 2 aliphatic carbocycles. The van der Waals surface area contributed by atoms with Gasteiger partial charge in [-0.05, 0) is 0 Å². The molecule has 3 rings (SSSR count). The van der Waals surface area contributed by atoms with Gasteiger partial charge in [0.05, 0.1) is 0 Å². The molecule has 0 heterocycles. The fourth-order valence-corrected chi connectivity index (χ4v) is 3.42. The van der Waals surface area contributed by atoms with Crippen molar-refractivity contribution in [2.45, 2.75) is 31.4 Å². The molecule has 4 heteroatoms. The average Bonchev–Trinajstić information content (AvgIpc) is 2.72. The van der Waals surface area contributed by atoms with E-state index in [9.17, 15) is 0 Å². The van der Waals surface area contributed by atoms with Crippen molar-refractivity contribution in [3.8, 4) is 0 Å². The van der Waals surface area contributed by atoms with Crippen LogP contribution in [-0.4, -0.2) is 0 Å². The molecule has 0 saturated heterocycles. The summed E-state index contributed by atoms with van der Waals surface area (Å²) in [5.74, 6) is 0. The maximum absolute atomic E-state index is 2.40. The first-order chi connectivity index (χ1) is 8.42. The summed E-state index contributed by atoms with van der Waals surface area (Å²) < 4.78 is 0.146. The summed E-state index contributed by atoms with van der Waals surface area (Å²) >= 11 is 2.30. The molecule has 0 N–H and O–H groups in total. The molecule has 1 aromatic carbocycles.